The van der Waals surface area contributed by atoms with Crippen molar-refractivity contribution in [3.63, 3.8) is 0 Å². The summed E-state index contributed by atoms with van der Waals surface area (Å²) in [4.78, 5) is 16.5. The molecule has 0 unspecified atom stereocenters. The molecule has 0 spiro atoms. The number of rotatable bonds is 9. The van der Waals surface area contributed by atoms with Crippen LogP contribution >= 0.6 is 11.8 Å². The number of aromatic nitrogens is 2. The number of halogens is 2. The van der Waals surface area contributed by atoms with Crippen LogP contribution in [0.15, 0.2) is 60.0 Å². The van der Waals surface area contributed by atoms with Crippen LogP contribution in [0.5, 0.6) is 5.75 Å². The normalized spacial score (nSPS) is 11.0. The second-order valence-electron chi connectivity index (χ2n) is 6.76. The Balaban J connectivity index is 1.46. The summed E-state index contributed by atoms with van der Waals surface area (Å²) < 4.78 is 30.6. The highest BCUT2D eigenvalue weighted by Crippen LogP contribution is 2.22. The summed E-state index contributed by atoms with van der Waals surface area (Å²) >= 11 is 1.37. The van der Waals surface area contributed by atoms with Gasteiger partial charge in [-0.15, -0.1) is 0 Å². The number of alkyl halides is 2. The molecule has 1 aromatic heterocycles. The highest BCUT2D eigenvalue weighted by molar-refractivity contribution is 7.99. The van der Waals surface area contributed by atoms with Gasteiger partial charge in [0.1, 0.15) is 5.75 Å². The second kappa shape index (κ2) is 10.2. The summed E-state index contributed by atoms with van der Waals surface area (Å²) in [5.41, 5.74) is 4.36. The number of benzene rings is 2. The molecule has 0 saturated carbocycles. The number of hydrogen-bond donors (Lipinski definition) is 1. The highest BCUT2D eigenvalue weighted by atomic mass is 32.2. The lowest BCUT2D eigenvalue weighted by molar-refractivity contribution is -0.118. The standard InChI is InChI=1S/C22H23F2N3O2S/c1-15-3-6-18(13-16(15)2)27-12-11-26-22(27)30-14-20(28)25-10-9-17-4-7-19(8-5-17)29-21(23)24/h3-8,11-13,21H,9-10,14H2,1-2H3,(H,25,28). The van der Waals surface area contributed by atoms with Gasteiger partial charge >= 0.3 is 6.61 Å². The van der Waals surface area contributed by atoms with Gasteiger partial charge in [0.05, 0.1) is 5.75 Å². The predicted octanol–water partition coefficient (Wildman–Crippen LogP) is 4.54. The van der Waals surface area contributed by atoms with Gasteiger partial charge in [0.2, 0.25) is 5.91 Å². The molecule has 0 bridgehead atoms. The molecule has 0 aliphatic heterocycles. The maximum absolute atomic E-state index is 12.2. The van der Waals surface area contributed by atoms with E-state index in [1.807, 2.05) is 16.8 Å². The molecule has 3 rings (SSSR count). The lowest BCUT2D eigenvalue weighted by Crippen LogP contribution is -2.27. The lowest BCUT2D eigenvalue weighted by atomic mass is 10.1. The Morgan fingerprint density at radius 2 is 1.93 bits per heavy atom. The smallest absolute Gasteiger partial charge is 0.387 e. The molecular weight excluding hydrogens is 408 g/mol. The zero-order valence-corrected chi connectivity index (χ0v) is 17.6. The van der Waals surface area contributed by atoms with E-state index in [2.05, 4.69) is 41.0 Å². The summed E-state index contributed by atoms with van der Waals surface area (Å²) in [6.07, 6.45) is 4.20. The first-order chi connectivity index (χ1) is 14.4. The summed E-state index contributed by atoms with van der Waals surface area (Å²) in [7, 11) is 0. The van der Waals surface area contributed by atoms with Gasteiger partial charge in [0.25, 0.3) is 0 Å². The quantitative estimate of drug-likeness (QED) is 0.506. The maximum atomic E-state index is 12.2. The van der Waals surface area contributed by atoms with E-state index in [0.717, 1.165) is 16.4 Å². The van der Waals surface area contributed by atoms with Crippen molar-refractivity contribution in [2.45, 2.75) is 32.0 Å². The third kappa shape index (κ3) is 6.06. The molecule has 1 N–H and O–H groups in total. The van der Waals surface area contributed by atoms with Crippen molar-refractivity contribution >= 4 is 17.7 Å². The SMILES string of the molecule is Cc1ccc(-n2ccnc2SCC(=O)NCCc2ccc(OC(F)F)cc2)cc1C. The van der Waals surface area contributed by atoms with E-state index in [1.54, 1.807) is 18.3 Å². The Labute approximate surface area is 178 Å². The second-order valence-corrected chi connectivity index (χ2v) is 7.70. The predicted molar refractivity (Wildman–Crippen MR) is 114 cm³/mol. The Bertz CT molecular complexity index is 990. The van der Waals surface area contributed by atoms with Gasteiger partial charge in [-0.1, -0.05) is 30.0 Å². The fourth-order valence-electron chi connectivity index (χ4n) is 2.83. The van der Waals surface area contributed by atoms with Crippen LogP contribution in [0.1, 0.15) is 16.7 Å². The average molecular weight is 432 g/mol. The van der Waals surface area contributed by atoms with Crippen molar-refractivity contribution < 1.29 is 18.3 Å². The molecule has 1 amide bonds. The number of hydrogen-bond acceptors (Lipinski definition) is 4. The van der Waals surface area contributed by atoms with Crippen LogP contribution in [0.4, 0.5) is 8.78 Å². The van der Waals surface area contributed by atoms with Crippen LogP contribution < -0.4 is 10.1 Å². The van der Waals surface area contributed by atoms with E-state index in [1.165, 1.54) is 35.0 Å². The van der Waals surface area contributed by atoms with Gasteiger partial charge < -0.3 is 10.1 Å². The van der Waals surface area contributed by atoms with Gasteiger partial charge in [0, 0.05) is 24.6 Å². The molecular formula is C22H23F2N3O2S. The first kappa shape index (κ1) is 21.8. The number of imidazole rings is 1. The molecule has 158 valence electrons. The maximum Gasteiger partial charge on any atom is 0.387 e. The van der Waals surface area contributed by atoms with Gasteiger partial charge in [0.15, 0.2) is 5.16 Å². The lowest BCUT2D eigenvalue weighted by Gasteiger charge is -2.10. The zero-order valence-electron chi connectivity index (χ0n) is 16.8. The van der Waals surface area contributed by atoms with Crippen molar-refractivity contribution in [1.82, 2.24) is 14.9 Å². The minimum Gasteiger partial charge on any atom is -0.435 e. The molecule has 0 radical (unpaired) electrons. The highest BCUT2D eigenvalue weighted by Gasteiger charge is 2.10. The summed E-state index contributed by atoms with van der Waals surface area (Å²) in [5.74, 6) is 0.281. The minimum absolute atomic E-state index is 0.0905. The van der Waals surface area contributed by atoms with Crippen LogP contribution in [-0.2, 0) is 11.2 Å². The largest absolute Gasteiger partial charge is 0.435 e. The van der Waals surface area contributed by atoms with E-state index in [4.69, 9.17) is 0 Å². The number of amides is 1. The zero-order chi connectivity index (χ0) is 21.5. The van der Waals surface area contributed by atoms with Crippen molar-refractivity contribution in [1.29, 1.82) is 0 Å². The fourth-order valence-corrected chi connectivity index (χ4v) is 3.64. The van der Waals surface area contributed by atoms with Gasteiger partial charge in [-0.25, -0.2) is 4.98 Å². The Kier molecular flexibility index (Phi) is 7.46. The molecule has 0 aliphatic carbocycles. The molecule has 30 heavy (non-hydrogen) atoms. The molecule has 8 heteroatoms. The third-order valence-electron chi connectivity index (χ3n) is 4.59. The first-order valence-corrected chi connectivity index (χ1v) is 10.4. The average Bonchev–Trinajstić information content (AvgIpc) is 3.18. The topological polar surface area (TPSA) is 56.2 Å². The first-order valence-electron chi connectivity index (χ1n) is 9.46. The summed E-state index contributed by atoms with van der Waals surface area (Å²) in [6, 6.07) is 12.6. The molecule has 5 nitrogen and oxygen atoms in total. The van der Waals surface area contributed by atoms with Gasteiger partial charge in [-0.3, -0.25) is 9.36 Å². The van der Waals surface area contributed by atoms with Crippen LogP contribution in [0, 0.1) is 13.8 Å². The van der Waals surface area contributed by atoms with Crippen LogP contribution in [0.2, 0.25) is 0 Å². The number of ether oxygens (including phenoxy) is 1. The van der Waals surface area contributed by atoms with Crippen molar-refractivity contribution in [3.05, 3.63) is 71.5 Å². The Morgan fingerprint density at radius 1 is 1.17 bits per heavy atom. The van der Waals surface area contributed by atoms with E-state index < -0.39 is 6.61 Å². The molecule has 0 saturated heterocycles. The van der Waals surface area contributed by atoms with Crippen molar-refractivity contribution in [2.24, 2.45) is 0 Å². The Hall–Kier alpha value is -2.87. The number of thioether (sulfide) groups is 1. The Morgan fingerprint density at radius 3 is 2.63 bits per heavy atom. The number of carbonyl (C=O) groups excluding carboxylic acids is 1. The molecule has 0 fully saturated rings. The number of aryl methyl sites for hydroxylation is 2. The summed E-state index contributed by atoms with van der Waals surface area (Å²) in [5, 5.41) is 3.62. The molecule has 0 aliphatic rings. The van der Waals surface area contributed by atoms with Gasteiger partial charge in [-0.2, -0.15) is 8.78 Å². The fraction of sp³-hybridized carbons (Fsp3) is 0.273. The van der Waals surface area contributed by atoms with E-state index in [9.17, 15) is 13.6 Å². The van der Waals surface area contributed by atoms with Crippen LogP contribution in [0.3, 0.4) is 0 Å². The van der Waals surface area contributed by atoms with Crippen LogP contribution in [-0.4, -0.2) is 34.4 Å². The molecule has 0 atom stereocenters. The third-order valence-corrected chi connectivity index (χ3v) is 5.56. The van der Waals surface area contributed by atoms with E-state index in [-0.39, 0.29) is 17.4 Å². The monoisotopic (exact) mass is 431 g/mol. The van der Waals surface area contributed by atoms with Gasteiger partial charge in [-0.05, 0) is 61.2 Å². The van der Waals surface area contributed by atoms with Crippen molar-refractivity contribution in [3.8, 4) is 11.4 Å². The molecule has 2 aromatic carbocycles. The molecule has 1 heterocycles. The van der Waals surface area contributed by atoms with Crippen LogP contribution in [0.25, 0.3) is 5.69 Å². The number of nitrogens with one attached hydrogen (secondary N) is 1. The minimum atomic E-state index is -2.83. The van der Waals surface area contributed by atoms with E-state index >= 15 is 0 Å². The van der Waals surface area contributed by atoms with E-state index in [0.29, 0.717) is 13.0 Å². The van der Waals surface area contributed by atoms with Crippen molar-refractivity contribution in [2.75, 3.05) is 12.3 Å². The molecule has 3 aromatic rings. The summed E-state index contributed by atoms with van der Waals surface area (Å²) in [6.45, 7) is 1.76. The number of nitrogens with zero attached hydrogens (tertiary/aromatic N) is 2. The number of carbonyl (C=O) groups is 1.